The van der Waals surface area contributed by atoms with E-state index < -0.39 is 0 Å². The SMILES string of the molecule is O=C(CCc1ccc(-c2ccccc2)o1)NC1CC1. The average Bonchev–Trinajstić information content (AvgIpc) is 3.12. The normalized spacial score (nSPS) is 14.3. The van der Waals surface area contributed by atoms with Gasteiger partial charge in [-0.1, -0.05) is 30.3 Å². The fourth-order valence-electron chi connectivity index (χ4n) is 2.03. The first-order valence-electron chi connectivity index (χ1n) is 6.75. The van der Waals surface area contributed by atoms with Crippen LogP contribution in [0.1, 0.15) is 25.0 Å². The van der Waals surface area contributed by atoms with Gasteiger partial charge in [0.1, 0.15) is 11.5 Å². The van der Waals surface area contributed by atoms with Crippen LogP contribution in [0.2, 0.25) is 0 Å². The Hall–Kier alpha value is -2.03. The summed E-state index contributed by atoms with van der Waals surface area (Å²) < 4.78 is 5.76. The molecule has 2 aromatic rings. The summed E-state index contributed by atoms with van der Waals surface area (Å²) in [5.74, 6) is 1.85. The molecule has 0 saturated heterocycles. The highest BCUT2D eigenvalue weighted by Crippen LogP contribution is 2.22. The summed E-state index contributed by atoms with van der Waals surface area (Å²) in [5.41, 5.74) is 1.07. The first-order valence-corrected chi connectivity index (χ1v) is 6.75. The van der Waals surface area contributed by atoms with Crippen LogP contribution in [0.5, 0.6) is 0 Å². The van der Waals surface area contributed by atoms with Gasteiger partial charge >= 0.3 is 0 Å². The van der Waals surface area contributed by atoms with E-state index in [0.29, 0.717) is 18.9 Å². The van der Waals surface area contributed by atoms with E-state index in [9.17, 15) is 4.79 Å². The van der Waals surface area contributed by atoms with Gasteiger partial charge < -0.3 is 9.73 Å². The average molecular weight is 255 g/mol. The second kappa shape index (κ2) is 5.31. The molecule has 0 radical (unpaired) electrons. The first-order chi connectivity index (χ1) is 9.31. The minimum absolute atomic E-state index is 0.125. The largest absolute Gasteiger partial charge is 0.461 e. The first kappa shape index (κ1) is 12.0. The topological polar surface area (TPSA) is 42.2 Å². The van der Waals surface area contributed by atoms with Crippen LogP contribution in [-0.4, -0.2) is 11.9 Å². The molecule has 1 fully saturated rings. The van der Waals surface area contributed by atoms with Crippen molar-refractivity contribution >= 4 is 5.91 Å². The monoisotopic (exact) mass is 255 g/mol. The predicted octanol–water partition coefficient (Wildman–Crippen LogP) is 3.16. The maximum absolute atomic E-state index is 11.6. The number of furan rings is 1. The highest BCUT2D eigenvalue weighted by molar-refractivity contribution is 5.76. The number of rotatable bonds is 5. The quantitative estimate of drug-likeness (QED) is 0.891. The van der Waals surface area contributed by atoms with Gasteiger partial charge in [0.15, 0.2) is 0 Å². The third-order valence-corrected chi connectivity index (χ3v) is 3.26. The lowest BCUT2D eigenvalue weighted by Gasteiger charge is -2.01. The van der Waals surface area contributed by atoms with Crippen molar-refractivity contribution in [1.29, 1.82) is 0 Å². The molecule has 1 N–H and O–H groups in total. The van der Waals surface area contributed by atoms with Crippen molar-refractivity contribution in [1.82, 2.24) is 5.32 Å². The molecular weight excluding hydrogens is 238 g/mol. The summed E-state index contributed by atoms with van der Waals surface area (Å²) in [4.78, 5) is 11.6. The van der Waals surface area contributed by atoms with Gasteiger partial charge in [-0.25, -0.2) is 0 Å². The zero-order chi connectivity index (χ0) is 13.1. The summed E-state index contributed by atoms with van der Waals surface area (Å²) in [6, 6.07) is 14.3. The third-order valence-electron chi connectivity index (χ3n) is 3.26. The molecule has 3 rings (SSSR count). The van der Waals surface area contributed by atoms with Crippen molar-refractivity contribution in [3.05, 3.63) is 48.2 Å². The van der Waals surface area contributed by atoms with Gasteiger partial charge in [0.2, 0.25) is 5.91 Å². The smallest absolute Gasteiger partial charge is 0.220 e. The van der Waals surface area contributed by atoms with Gasteiger partial charge in [0.25, 0.3) is 0 Å². The second-order valence-electron chi connectivity index (χ2n) is 4.97. The van der Waals surface area contributed by atoms with E-state index in [1.165, 1.54) is 0 Å². The second-order valence-corrected chi connectivity index (χ2v) is 4.97. The lowest BCUT2D eigenvalue weighted by molar-refractivity contribution is -0.121. The van der Waals surface area contributed by atoms with Gasteiger partial charge in [-0.05, 0) is 25.0 Å². The van der Waals surface area contributed by atoms with Crippen LogP contribution >= 0.6 is 0 Å². The molecule has 1 aromatic carbocycles. The van der Waals surface area contributed by atoms with E-state index in [2.05, 4.69) is 5.32 Å². The maximum Gasteiger partial charge on any atom is 0.220 e. The van der Waals surface area contributed by atoms with E-state index in [1.54, 1.807) is 0 Å². The molecule has 1 aliphatic rings. The Labute approximate surface area is 112 Å². The zero-order valence-electron chi connectivity index (χ0n) is 10.8. The molecule has 1 heterocycles. The number of nitrogens with one attached hydrogen (secondary N) is 1. The van der Waals surface area contributed by atoms with Crippen molar-refractivity contribution in [2.75, 3.05) is 0 Å². The van der Waals surface area contributed by atoms with Gasteiger partial charge in [-0.2, -0.15) is 0 Å². The molecule has 1 saturated carbocycles. The Balaban J connectivity index is 1.57. The minimum atomic E-state index is 0.125. The van der Waals surface area contributed by atoms with E-state index in [1.807, 2.05) is 42.5 Å². The molecule has 0 aliphatic heterocycles. The van der Waals surface area contributed by atoms with Crippen LogP contribution in [0.25, 0.3) is 11.3 Å². The van der Waals surface area contributed by atoms with Gasteiger partial charge in [-0.15, -0.1) is 0 Å². The van der Waals surface area contributed by atoms with E-state index >= 15 is 0 Å². The summed E-state index contributed by atoms with van der Waals surface area (Å²) in [5, 5.41) is 2.98. The summed E-state index contributed by atoms with van der Waals surface area (Å²) in [7, 11) is 0. The molecule has 0 spiro atoms. The molecule has 1 amide bonds. The zero-order valence-corrected chi connectivity index (χ0v) is 10.8. The van der Waals surface area contributed by atoms with Crippen LogP contribution in [0.4, 0.5) is 0 Å². The van der Waals surface area contributed by atoms with Gasteiger partial charge in [0, 0.05) is 24.4 Å². The summed E-state index contributed by atoms with van der Waals surface area (Å²) in [6.07, 6.45) is 3.42. The van der Waals surface area contributed by atoms with Crippen molar-refractivity contribution in [3.8, 4) is 11.3 Å². The Kier molecular flexibility index (Phi) is 3.36. The number of benzene rings is 1. The molecule has 0 bridgehead atoms. The molecular formula is C16H17NO2. The number of carbonyl (C=O) groups excluding carboxylic acids is 1. The highest BCUT2D eigenvalue weighted by Gasteiger charge is 2.22. The molecule has 19 heavy (non-hydrogen) atoms. The fraction of sp³-hybridized carbons (Fsp3) is 0.312. The Morgan fingerprint density at radius 3 is 2.68 bits per heavy atom. The summed E-state index contributed by atoms with van der Waals surface area (Å²) in [6.45, 7) is 0. The van der Waals surface area contributed by atoms with E-state index in [4.69, 9.17) is 4.42 Å². The van der Waals surface area contributed by atoms with Crippen molar-refractivity contribution in [2.24, 2.45) is 0 Å². The number of carbonyl (C=O) groups is 1. The molecule has 3 nitrogen and oxygen atoms in total. The van der Waals surface area contributed by atoms with Crippen LogP contribution in [0.15, 0.2) is 46.9 Å². The van der Waals surface area contributed by atoms with Crippen LogP contribution < -0.4 is 5.32 Å². The van der Waals surface area contributed by atoms with Gasteiger partial charge in [0.05, 0.1) is 0 Å². The molecule has 1 aromatic heterocycles. The molecule has 1 aliphatic carbocycles. The Morgan fingerprint density at radius 1 is 1.16 bits per heavy atom. The Morgan fingerprint density at radius 2 is 1.95 bits per heavy atom. The molecule has 3 heteroatoms. The van der Waals surface area contributed by atoms with Crippen LogP contribution in [0, 0.1) is 0 Å². The molecule has 98 valence electrons. The van der Waals surface area contributed by atoms with Crippen molar-refractivity contribution in [2.45, 2.75) is 31.7 Å². The molecule has 0 atom stereocenters. The standard InChI is InChI=1S/C16H17NO2/c18-16(17-13-6-7-13)11-9-14-8-10-15(19-14)12-4-2-1-3-5-12/h1-5,8,10,13H,6-7,9,11H2,(H,17,18). The number of hydrogen-bond acceptors (Lipinski definition) is 2. The highest BCUT2D eigenvalue weighted by atomic mass is 16.3. The number of amides is 1. The predicted molar refractivity (Wildman–Crippen MR) is 73.6 cm³/mol. The third kappa shape index (κ3) is 3.25. The number of aryl methyl sites for hydroxylation is 1. The van der Waals surface area contributed by atoms with Crippen LogP contribution in [-0.2, 0) is 11.2 Å². The summed E-state index contributed by atoms with van der Waals surface area (Å²) >= 11 is 0. The lowest BCUT2D eigenvalue weighted by atomic mass is 10.2. The maximum atomic E-state index is 11.6. The van der Waals surface area contributed by atoms with Crippen LogP contribution in [0.3, 0.4) is 0 Å². The minimum Gasteiger partial charge on any atom is -0.461 e. The van der Waals surface area contributed by atoms with E-state index in [0.717, 1.165) is 29.9 Å². The lowest BCUT2D eigenvalue weighted by Crippen LogP contribution is -2.25. The number of hydrogen-bond donors (Lipinski definition) is 1. The van der Waals surface area contributed by atoms with Crippen molar-refractivity contribution in [3.63, 3.8) is 0 Å². The molecule has 0 unspecified atom stereocenters. The van der Waals surface area contributed by atoms with Crippen molar-refractivity contribution < 1.29 is 9.21 Å². The van der Waals surface area contributed by atoms with Gasteiger partial charge in [-0.3, -0.25) is 4.79 Å². The van der Waals surface area contributed by atoms with E-state index in [-0.39, 0.29) is 5.91 Å². The fourth-order valence-corrected chi connectivity index (χ4v) is 2.03. The Bertz CT molecular complexity index is 555.